The Hall–Kier alpha value is -3.59. The van der Waals surface area contributed by atoms with Crippen molar-refractivity contribution in [1.82, 2.24) is 9.97 Å². The van der Waals surface area contributed by atoms with E-state index in [0.717, 1.165) is 6.42 Å². The molecule has 1 saturated heterocycles. The fourth-order valence-electron chi connectivity index (χ4n) is 7.17. The molecule has 8 nitrogen and oxygen atoms in total. The highest BCUT2D eigenvalue weighted by molar-refractivity contribution is 7.84. The molecule has 47 heavy (non-hydrogen) atoms. The number of halogens is 1. The van der Waals surface area contributed by atoms with E-state index in [2.05, 4.69) is 63.0 Å². The van der Waals surface area contributed by atoms with Gasteiger partial charge in [-0.25, -0.2) is 19.2 Å². The summed E-state index contributed by atoms with van der Waals surface area (Å²) in [6.45, 7) is 17.8. The monoisotopic (exact) mass is 677 g/mol. The van der Waals surface area contributed by atoms with Crippen LogP contribution in [0, 0.1) is 24.2 Å². The van der Waals surface area contributed by atoms with Crippen molar-refractivity contribution in [3.8, 4) is 28.5 Å². The number of ether oxygens (including phenoxy) is 2. The topological polar surface area (TPSA) is 94.8 Å². The number of fused-ring (bicyclic) bond motifs is 2. The summed E-state index contributed by atoms with van der Waals surface area (Å²) in [6.07, 6.45) is 2.46. The van der Waals surface area contributed by atoms with Crippen molar-refractivity contribution in [2.75, 3.05) is 31.6 Å². The minimum atomic E-state index is -2.23. The second kappa shape index (κ2) is 13.5. The Kier molecular flexibility index (Phi) is 9.97. The standard InChI is InChI=1S/C36H44FN3O5SSi/c1-20(2)47(21(3)4,22(5)6)16-14-27-29(37)12-11-25-17-26(44-19-43-9)18-28(30(25)27)33-24(8)32-31(35(41)45-33)34(40-15-13-23(40)7)39-36(38-32)46(10)42/h11-12,17-18,20-23H,13,15,19H2,1-10H3/t23-,46?/m1/s1. The van der Waals surface area contributed by atoms with E-state index in [1.54, 1.807) is 25.1 Å². The first kappa shape index (κ1) is 34.7. The summed E-state index contributed by atoms with van der Waals surface area (Å²) in [5.74, 6) is 3.94. The third-order valence-corrected chi connectivity index (χ3v) is 16.7. The average molecular weight is 678 g/mol. The summed E-state index contributed by atoms with van der Waals surface area (Å²) in [6, 6.07) is 6.78. The molecule has 3 heterocycles. The van der Waals surface area contributed by atoms with Crippen molar-refractivity contribution in [3.05, 3.63) is 51.6 Å². The SMILES string of the molecule is COCOc1cc(-c2oc(=O)c3c(N4CC[C@H]4C)nc(S(C)=O)nc3c2C)c2c(C#C[Si](C(C)C)(C(C)C)C(C)C)c(F)ccc2c1. The lowest BCUT2D eigenvalue weighted by Crippen LogP contribution is -2.46. The third kappa shape index (κ3) is 6.12. The largest absolute Gasteiger partial charge is 0.468 e. The quantitative estimate of drug-likeness (QED) is 0.0769. The molecule has 4 aromatic rings. The maximum absolute atomic E-state index is 16.0. The van der Waals surface area contributed by atoms with Gasteiger partial charge in [0, 0.05) is 42.5 Å². The molecular weight excluding hydrogens is 634 g/mol. The number of methoxy groups -OCH3 is 1. The van der Waals surface area contributed by atoms with Crippen LogP contribution in [0.4, 0.5) is 10.2 Å². The van der Waals surface area contributed by atoms with Crippen molar-refractivity contribution in [2.45, 2.75) is 89.6 Å². The van der Waals surface area contributed by atoms with Crippen LogP contribution in [0.15, 0.2) is 38.6 Å². The van der Waals surface area contributed by atoms with Gasteiger partial charge in [-0.1, -0.05) is 53.5 Å². The van der Waals surface area contributed by atoms with Gasteiger partial charge in [-0.3, -0.25) is 4.21 Å². The molecule has 0 bridgehead atoms. The van der Waals surface area contributed by atoms with Gasteiger partial charge in [0.15, 0.2) is 6.79 Å². The van der Waals surface area contributed by atoms with Crippen LogP contribution in [0.25, 0.3) is 33.0 Å². The minimum absolute atomic E-state index is 0.0129. The Labute approximate surface area is 279 Å². The Bertz CT molecular complexity index is 1980. The van der Waals surface area contributed by atoms with Crippen LogP contribution in [0.5, 0.6) is 5.75 Å². The highest BCUT2D eigenvalue weighted by Gasteiger charge is 2.42. The van der Waals surface area contributed by atoms with Gasteiger partial charge in [0.05, 0.1) is 21.9 Å². The lowest BCUT2D eigenvalue weighted by molar-refractivity contribution is 0.0512. The second-order valence-electron chi connectivity index (χ2n) is 13.4. The van der Waals surface area contributed by atoms with Gasteiger partial charge in [-0.05, 0) is 60.5 Å². The molecule has 0 amide bonds. The molecule has 250 valence electrons. The summed E-state index contributed by atoms with van der Waals surface area (Å²) in [7, 11) is -2.21. The molecule has 2 atom stereocenters. The van der Waals surface area contributed by atoms with Gasteiger partial charge < -0.3 is 18.8 Å². The minimum Gasteiger partial charge on any atom is -0.468 e. The van der Waals surface area contributed by atoms with E-state index in [0.29, 0.717) is 62.2 Å². The van der Waals surface area contributed by atoms with Crippen molar-refractivity contribution >= 4 is 46.4 Å². The van der Waals surface area contributed by atoms with E-state index in [1.165, 1.54) is 19.4 Å². The lowest BCUT2D eigenvalue weighted by atomic mass is 9.95. The normalized spacial score (nSPS) is 15.8. The van der Waals surface area contributed by atoms with E-state index >= 15 is 4.39 Å². The summed E-state index contributed by atoms with van der Waals surface area (Å²) >= 11 is 0. The Morgan fingerprint density at radius 1 is 1.11 bits per heavy atom. The van der Waals surface area contributed by atoms with Gasteiger partial charge in [-0.15, -0.1) is 5.54 Å². The van der Waals surface area contributed by atoms with Crippen molar-refractivity contribution < 1.29 is 22.5 Å². The average Bonchev–Trinajstić information content (AvgIpc) is 3.00. The zero-order valence-electron chi connectivity index (χ0n) is 28.9. The molecule has 0 aliphatic carbocycles. The number of benzene rings is 2. The zero-order chi connectivity index (χ0) is 34.4. The van der Waals surface area contributed by atoms with Crippen molar-refractivity contribution in [1.29, 1.82) is 0 Å². The van der Waals surface area contributed by atoms with Crippen molar-refractivity contribution in [2.24, 2.45) is 0 Å². The van der Waals surface area contributed by atoms with Crippen LogP contribution >= 0.6 is 0 Å². The number of aryl methyl sites for hydroxylation is 1. The number of anilines is 1. The van der Waals surface area contributed by atoms with E-state index in [1.807, 2.05) is 11.8 Å². The van der Waals surface area contributed by atoms with Crippen LogP contribution < -0.4 is 15.3 Å². The number of rotatable bonds is 9. The Morgan fingerprint density at radius 2 is 1.79 bits per heavy atom. The number of nitrogens with zero attached hydrogens (tertiary/aromatic N) is 3. The summed E-state index contributed by atoms with van der Waals surface area (Å²) < 4.78 is 45.8. The van der Waals surface area contributed by atoms with Crippen LogP contribution in [-0.2, 0) is 15.5 Å². The van der Waals surface area contributed by atoms with Crippen LogP contribution in [0.2, 0.25) is 16.6 Å². The molecule has 11 heteroatoms. The van der Waals surface area contributed by atoms with Gasteiger partial charge in [0.2, 0.25) is 5.16 Å². The van der Waals surface area contributed by atoms with E-state index in [4.69, 9.17) is 13.9 Å². The molecule has 1 fully saturated rings. The van der Waals surface area contributed by atoms with Crippen LogP contribution in [0.1, 0.15) is 66.0 Å². The van der Waals surface area contributed by atoms with Crippen LogP contribution in [0.3, 0.4) is 0 Å². The third-order valence-electron chi connectivity index (χ3n) is 9.71. The van der Waals surface area contributed by atoms with E-state index < -0.39 is 30.3 Å². The van der Waals surface area contributed by atoms with Gasteiger partial charge >= 0.3 is 5.63 Å². The predicted octanol–water partition coefficient (Wildman–Crippen LogP) is 7.74. The molecular formula is C36H44FN3O5SSi. The molecule has 0 spiro atoms. The number of hydrogen-bond donors (Lipinski definition) is 0. The smallest absolute Gasteiger partial charge is 0.349 e. The Morgan fingerprint density at radius 3 is 2.34 bits per heavy atom. The number of hydrogen-bond acceptors (Lipinski definition) is 8. The lowest BCUT2D eigenvalue weighted by Gasteiger charge is -2.40. The number of aromatic nitrogens is 2. The Balaban J connectivity index is 1.89. The fourth-order valence-corrected chi connectivity index (χ4v) is 12.8. The molecule has 0 saturated carbocycles. The fraction of sp³-hybridized carbons (Fsp3) is 0.472. The predicted molar refractivity (Wildman–Crippen MR) is 190 cm³/mol. The summed E-state index contributed by atoms with van der Waals surface area (Å²) in [4.78, 5) is 25.1. The van der Waals surface area contributed by atoms with E-state index in [-0.39, 0.29) is 34.7 Å². The maximum atomic E-state index is 16.0. The van der Waals surface area contributed by atoms with Crippen LogP contribution in [-0.4, -0.2) is 55.0 Å². The summed E-state index contributed by atoms with van der Waals surface area (Å²) in [5.41, 5.74) is 5.65. The molecule has 0 N–H and O–H groups in total. The molecule has 1 aliphatic rings. The zero-order valence-corrected chi connectivity index (χ0v) is 30.7. The van der Waals surface area contributed by atoms with Gasteiger partial charge in [0.1, 0.15) is 36.6 Å². The first-order chi connectivity index (χ1) is 22.2. The molecule has 0 radical (unpaired) electrons. The molecule has 2 aromatic heterocycles. The molecule has 2 aromatic carbocycles. The van der Waals surface area contributed by atoms with E-state index in [9.17, 15) is 9.00 Å². The second-order valence-corrected chi connectivity index (χ2v) is 20.2. The maximum Gasteiger partial charge on any atom is 0.349 e. The summed E-state index contributed by atoms with van der Waals surface area (Å²) in [5, 5.41) is 1.54. The molecule has 5 rings (SSSR count). The van der Waals surface area contributed by atoms with Gasteiger partial charge in [-0.2, -0.15) is 0 Å². The van der Waals surface area contributed by atoms with Crippen molar-refractivity contribution in [3.63, 3.8) is 0 Å². The first-order valence-electron chi connectivity index (χ1n) is 16.1. The highest BCUT2D eigenvalue weighted by Crippen LogP contribution is 2.43. The highest BCUT2D eigenvalue weighted by atomic mass is 32.2. The first-order valence-corrected chi connectivity index (χ1v) is 19.9. The molecule has 1 unspecified atom stereocenters. The van der Waals surface area contributed by atoms with Gasteiger partial charge in [0.25, 0.3) is 0 Å². The molecule has 1 aliphatic heterocycles.